The average Bonchev–Trinajstić information content (AvgIpc) is 3.14. The number of H-pyrrole nitrogens is 1. The number of fused-ring (bicyclic) bond motifs is 3. The maximum atomic E-state index is 9.08. The molecule has 1 fully saturated rings. The molecule has 4 heterocycles. The molecule has 0 aliphatic carbocycles. The lowest BCUT2D eigenvalue weighted by molar-refractivity contribution is 0.491. The highest BCUT2D eigenvalue weighted by molar-refractivity contribution is 6.34. The van der Waals surface area contributed by atoms with Crippen LogP contribution >= 0.6 is 11.6 Å². The van der Waals surface area contributed by atoms with Gasteiger partial charge in [-0.25, -0.2) is 4.98 Å². The number of nitriles is 1. The quantitative estimate of drug-likeness (QED) is 0.849. The van der Waals surface area contributed by atoms with Gasteiger partial charge in [0.15, 0.2) is 0 Å². The van der Waals surface area contributed by atoms with Crippen molar-refractivity contribution in [3.05, 3.63) is 28.6 Å². The van der Waals surface area contributed by atoms with Gasteiger partial charge in [-0.3, -0.25) is 0 Å². The summed E-state index contributed by atoms with van der Waals surface area (Å²) in [6.45, 7) is 2.70. The van der Waals surface area contributed by atoms with Gasteiger partial charge in [0, 0.05) is 24.0 Å². The number of aromatic nitrogens is 2. The highest BCUT2D eigenvalue weighted by Crippen LogP contribution is 2.40. The molecular weight excluding hydrogens is 286 g/mol. The third-order valence-corrected chi connectivity index (χ3v) is 4.45. The second-order valence-corrected chi connectivity index (χ2v) is 5.86. The first-order valence-electron chi connectivity index (χ1n) is 7.07. The van der Waals surface area contributed by atoms with E-state index in [0.717, 1.165) is 46.1 Å². The van der Waals surface area contributed by atoms with Crippen LogP contribution in [-0.4, -0.2) is 34.5 Å². The lowest BCUT2D eigenvalue weighted by atomic mass is 10.1. The fraction of sp³-hybridized carbons (Fsp3) is 0.333. The lowest BCUT2D eigenvalue weighted by Gasteiger charge is -2.27. The van der Waals surface area contributed by atoms with E-state index in [2.05, 4.69) is 26.3 Å². The molecule has 0 aromatic carbocycles. The summed E-state index contributed by atoms with van der Waals surface area (Å²) in [6.07, 6.45) is 4.11. The largest absolute Gasteiger partial charge is 0.370 e. The van der Waals surface area contributed by atoms with Gasteiger partial charge >= 0.3 is 0 Å². The Labute approximate surface area is 127 Å². The van der Waals surface area contributed by atoms with Crippen molar-refractivity contribution in [1.29, 1.82) is 5.26 Å². The lowest BCUT2D eigenvalue weighted by Crippen LogP contribution is -2.23. The molecule has 0 radical (unpaired) electrons. The molecule has 2 aromatic rings. The minimum Gasteiger partial charge on any atom is -0.370 e. The minimum atomic E-state index is 0.423. The van der Waals surface area contributed by atoms with Crippen LogP contribution < -0.4 is 5.32 Å². The van der Waals surface area contributed by atoms with E-state index < -0.39 is 0 Å². The topological polar surface area (TPSA) is 67.7 Å². The number of hydrogen-bond acceptors (Lipinski definition) is 4. The van der Waals surface area contributed by atoms with Crippen LogP contribution in [0.3, 0.4) is 0 Å². The van der Waals surface area contributed by atoms with Crippen LogP contribution in [0.4, 0.5) is 5.82 Å². The zero-order valence-corrected chi connectivity index (χ0v) is 12.2. The normalized spacial score (nSPS) is 17.8. The summed E-state index contributed by atoms with van der Waals surface area (Å²) in [6, 6.07) is 3.93. The number of nitrogens with zero attached hydrogens (tertiary/aromatic N) is 3. The average molecular weight is 300 g/mol. The summed E-state index contributed by atoms with van der Waals surface area (Å²) >= 11 is 6.50. The summed E-state index contributed by atoms with van der Waals surface area (Å²) in [5, 5.41) is 14.2. The van der Waals surface area contributed by atoms with Gasteiger partial charge in [-0.05, 0) is 18.9 Å². The Hall–Kier alpha value is -2.19. The van der Waals surface area contributed by atoms with Crippen LogP contribution in [0.25, 0.3) is 16.6 Å². The van der Waals surface area contributed by atoms with Crippen LogP contribution in [0.5, 0.6) is 0 Å². The van der Waals surface area contributed by atoms with Gasteiger partial charge < -0.3 is 15.2 Å². The number of rotatable bonds is 1. The predicted molar refractivity (Wildman–Crippen MR) is 82.9 cm³/mol. The molecule has 6 heteroatoms. The van der Waals surface area contributed by atoms with Gasteiger partial charge in [0.1, 0.15) is 17.6 Å². The van der Waals surface area contributed by atoms with Crippen molar-refractivity contribution in [2.75, 3.05) is 25.0 Å². The Morgan fingerprint density at radius 3 is 2.90 bits per heavy atom. The molecular formula is C15H14ClN5. The number of likely N-dealkylation sites (tertiary alicyclic amines) is 1. The molecule has 5 nitrogen and oxygen atoms in total. The monoisotopic (exact) mass is 299 g/mol. The summed E-state index contributed by atoms with van der Waals surface area (Å²) in [5.74, 6) is 0.966. The van der Waals surface area contributed by atoms with Gasteiger partial charge in [-0.2, -0.15) is 5.26 Å². The SMILES string of the molecule is N#Cc1cc2c3c([nH]c2cn1)NCC(Cl)=C3N1CCCC1. The zero-order valence-electron chi connectivity index (χ0n) is 11.4. The number of hydrogen-bond donors (Lipinski definition) is 2. The van der Waals surface area contributed by atoms with Crippen LogP contribution in [0.15, 0.2) is 17.3 Å². The molecule has 0 amide bonds. The van der Waals surface area contributed by atoms with E-state index in [1.165, 1.54) is 12.8 Å². The number of anilines is 1. The summed E-state index contributed by atoms with van der Waals surface area (Å²) in [5.41, 5.74) is 3.52. The zero-order chi connectivity index (χ0) is 14.4. The van der Waals surface area contributed by atoms with E-state index in [0.29, 0.717) is 12.2 Å². The third-order valence-electron chi connectivity index (χ3n) is 4.13. The Balaban J connectivity index is 1.97. The van der Waals surface area contributed by atoms with Crippen molar-refractivity contribution in [3.63, 3.8) is 0 Å². The fourth-order valence-electron chi connectivity index (χ4n) is 3.19. The highest BCUT2D eigenvalue weighted by Gasteiger charge is 2.28. The van der Waals surface area contributed by atoms with E-state index in [1.54, 1.807) is 6.20 Å². The van der Waals surface area contributed by atoms with Crippen LogP contribution in [0.2, 0.25) is 0 Å². The molecule has 21 heavy (non-hydrogen) atoms. The third kappa shape index (κ3) is 1.87. The van der Waals surface area contributed by atoms with Gasteiger partial charge in [-0.1, -0.05) is 11.6 Å². The molecule has 2 aliphatic rings. The first-order valence-corrected chi connectivity index (χ1v) is 7.45. The number of nitrogens with one attached hydrogen (secondary N) is 2. The van der Waals surface area contributed by atoms with Gasteiger partial charge in [-0.15, -0.1) is 0 Å². The van der Waals surface area contributed by atoms with Crippen molar-refractivity contribution in [1.82, 2.24) is 14.9 Å². The summed E-state index contributed by atoms with van der Waals surface area (Å²) < 4.78 is 0. The van der Waals surface area contributed by atoms with Crippen LogP contribution in [-0.2, 0) is 0 Å². The minimum absolute atomic E-state index is 0.423. The van der Waals surface area contributed by atoms with Crippen molar-refractivity contribution >= 4 is 34.0 Å². The maximum Gasteiger partial charge on any atom is 0.141 e. The Bertz CT molecular complexity index is 792. The molecule has 0 spiro atoms. The van der Waals surface area contributed by atoms with Gasteiger partial charge in [0.2, 0.25) is 0 Å². The molecule has 2 aliphatic heterocycles. The maximum absolute atomic E-state index is 9.08. The second kappa shape index (κ2) is 4.68. The highest BCUT2D eigenvalue weighted by atomic mass is 35.5. The Morgan fingerprint density at radius 1 is 1.33 bits per heavy atom. The second-order valence-electron chi connectivity index (χ2n) is 5.40. The number of halogens is 1. The molecule has 0 unspecified atom stereocenters. The van der Waals surface area contributed by atoms with Gasteiger partial charge in [0.25, 0.3) is 0 Å². The van der Waals surface area contributed by atoms with E-state index in [1.807, 2.05) is 6.07 Å². The van der Waals surface area contributed by atoms with E-state index >= 15 is 0 Å². The molecule has 2 aromatic heterocycles. The molecule has 0 atom stereocenters. The molecule has 0 saturated carbocycles. The molecule has 2 N–H and O–H groups in total. The van der Waals surface area contributed by atoms with E-state index in [4.69, 9.17) is 16.9 Å². The van der Waals surface area contributed by atoms with E-state index in [9.17, 15) is 0 Å². The van der Waals surface area contributed by atoms with Crippen LogP contribution in [0.1, 0.15) is 24.1 Å². The predicted octanol–water partition coefficient (Wildman–Crippen LogP) is 2.86. The van der Waals surface area contributed by atoms with Gasteiger partial charge in [0.05, 0.1) is 29.0 Å². The summed E-state index contributed by atoms with van der Waals surface area (Å²) in [4.78, 5) is 9.82. The Kier molecular flexibility index (Phi) is 2.79. The van der Waals surface area contributed by atoms with Crippen molar-refractivity contribution in [3.8, 4) is 6.07 Å². The van der Waals surface area contributed by atoms with Crippen molar-refractivity contribution in [2.24, 2.45) is 0 Å². The van der Waals surface area contributed by atoms with E-state index in [-0.39, 0.29) is 0 Å². The molecule has 4 rings (SSSR count). The van der Waals surface area contributed by atoms with Crippen molar-refractivity contribution < 1.29 is 0 Å². The fourth-order valence-corrected chi connectivity index (χ4v) is 3.47. The smallest absolute Gasteiger partial charge is 0.141 e. The first kappa shape index (κ1) is 12.5. The van der Waals surface area contributed by atoms with Crippen LogP contribution in [0, 0.1) is 11.3 Å². The number of pyridine rings is 1. The molecule has 0 bridgehead atoms. The molecule has 106 valence electrons. The standard InChI is InChI=1S/C15H14ClN5/c16-11-7-19-15-13(14(11)21-3-1-2-4-21)10-5-9(6-17)18-8-12(10)20-15/h5,8,19-20H,1-4,7H2. The summed E-state index contributed by atoms with van der Waals surface area (Å²) in [7, 11) is 0. The molecule has 1 saturated heterocycles. The number of aromatic amines is 1. The first-order chi connectivity index (χ1) is 10.3. The van der Waals surface area contributed by atoms with Crippen molar-refractivity contribution in [2.45, 2.75) is 12.8 Å². The Morgan fingerprint density at radius 2 is 2.14 bits per heavy atom.